The highest BCUT2D eigenvalue weighted by molar-refractivity contribution is 5.40. The highest BCUT2D eigenvalue weighted by Gasteiger charge is 2.09. The molecule has 0 aliphatic carbocycles. The van der Waals surface area contributed by atoms with Crippen molar-refractivity contribution < 1.29 is 19.3 Å². The second-order valence-electron chi connectivity index (χ2n) is 6.67. The third-order valence-corrected chi connectivity index (χ3v) is 4.66. The van der Waals surface area contributed by atoms with Gasteiger partial charge in [-0.3, -0.25) is 0 Å². The molecule has 5 heteroatoms. The average molecular weight is 393 g/mol. The van der Waals surface area contributed by atoms with Gasteiger partial charge in [0.15, 0.2) is 0 Å². The minimum Gasteiger partial charge on any atom is -0.497 e. The molecule has 0 aromatic heterocycles. The number of nitrogens with one attached hydrogen (secondary N) is 1. The van der Waals surface area contributed by atoms with Gasteiger partial charge in [0.25, 0.3) is 0 Å². The lowest BCUT2D eigenvalue weighted by molar-refractivity contribution is 0.174. The monoisotopic (exact) mass is 393 g/mol. The molecule has 0 heterocycles. The third-order valence-electron chi connectivity index (χ3n) is 4.66. The minimum atomic E-state index is -0.609. The van der Waals surface area contributed by atoms with Crippen LogP contribution in [-0.2, 0) is 13.2 Å². The van der Waals surface area contributed by atoms with Crippen LogP contribution < -0.4 is 19.5 Å². The molecule has 29 heavy (non-hydrogen) atoms. The van der Waals surface area contributed by atoms with E-state index in [1.54, 1.807) is 14.2 Å². The van der Waals surface area contributed by atoms with Gasteiger partial charge in [-0.15, -0.1) is 0 Å². The van der Waals surface area contributed by atoms with E-state index in [9.17, 15) is 5.11 Å². The van der Waals surface area contributed by atoms with Crippen molar-refractivity contribution in [2.24, 2.45) is 0 Å². The highest BCUT2D eigenvalue weighted by atomic mass is 16.5. The third kappa shape index (κ3) is 5.98. The Morgan fingerprint density at radius 2 is 1.59 bits per heavy atom. The Balaban J connectivity index is 1.49. The number of methoxy groups -OCH3 is 2. The standard InChI is InChI=1S/C24H27NO4/c1-27-22-13-10-20(24(14-22)28-2)15-25-16-23(26)19-8-11-21(12-9-19)29-17-18-6-4-3-5-7-18/h3-14,23,25-26H,15-17H2,1-2H3/t23-/m1/s1. The smallest absolute Gasteiger partial charge is 0.127 e. The first-order valence-corrected chi connectivity index (χ1v) is 9.56. The van der Waals surface area contributed by atoms with Gasteiger partial charge in [0.05, 0.1) is 20.3 Å². The van der Waals surface area contributed by atoms with Crippen molar-refractivity contribution in [2.45, 2.75) is 19.3 Å². The SMILES string of the molecule is COc1ccc(CNC[C@@H](O)c2ccc(OCc3ccccc3)cc2)c(OC)c1. The molecule has 3 aromatic carbocycles. The molecular weight excluding hydrogens is 366 g/mol. The van der Waals surface area contributed by atoms with E-state index in [2.05, 4.69) is 5.32 Å². The Labute approximate surface area is 171 Å². The second kappa shape index (κ2) is 10.5. The molecule has 0 unspecified atom stereocenters. The molecule has 0 bridgehead atoms. The number of aliphatic hydroxyl groups is 1. The fraction of sp³-hybridized carbons (Fsp3) is 0.250. The molecule has 0 spiro atoms. The maximum Gasteiger partial charge on any atom is 0.127 e. The lowest BCUT2D eigenvalue weighted by Gasteiger charge is -2.15. The average Bonchev–Trinajstić information content (AvgIpc) is 2.78. The molecule has 1 atom stereocenters. The summed E-state index contributed by atoms with van der Waals surface area (Å²) in [6.07, 6.45) is -0.609. The van der Waals surface area contributed by atoms with Crippen LogP contribution >= 0.6 is 0 Å². The van der Waals surface area contributed by atoms with E-state index >= 15 is 0 Å². The maximum absolute atomic E-state index is 10.5. The predicted octanol–water partition coefficient (Wildman–Crippen LogP) is 4.11. The lowest BCUT2D eigenvalue weighted by atomic mass is 10.1. The quantitative estimate of drug-likeness (QED) is 0.543. The number of hydrogen-bond acceptors (Lipinski definition) is 5. The van der Waals surface area contributed by atoms with Crippen LogP contribution in [0.15, 0.2) is 72.8 Å². The maximum atomic E-state index is 10.5. The van der Waals surface area contributed by atoms with Crippen LogP contribution in [0.1, 0.15) is 22.8 Å². The number of benzene rings is 3. The van der Waals surface area contributed by atoms with Crippen LogP contribution in [0.2, 0.25) is 0 Å². The summed E-state index contributed by atoms with van der Waals surface area (Å²) in [5.41, 5.74) is 2.96. The summed E-state index contributed by atoms with van der Waals surface area (Å²) in [6, 6.07) is 23.3. The highest BCUT2D eigenvalue weighted by Crippen LogP contribution is 2.24. The fourth-order valence-electron chi connectivity index (χ4n) is 2.99. The zero-order chi connectivity index (χ0) is 20.5. The minimum absolute atomic E-state index is 0.430. The van der Waals surface area contributed by atoms with Gasteiger partial charge in [-0.1, -0.05) is 48.5 Å². The van der Waals surface area contributed by atoms with Crippen molar-refractivity contribution in [2.75, 3.05) is 20.8 Å². The van der Waals surface area contributed by atoms with Crippen molar-refractivity contribution in [1.29, 1.82) is 0 Å². The number of hydrogen-bond donors (Lipinski definition) is 2. The van der Waals surface area contributed by atoms with Gasteiger partial charge < -0.3 is 24.6 Å². The van der Waals surface area contributed by atoms with Crippen LogP contribution in [-0.4, -0.2) is 25.9 Å². The Kier molecular flexibility index (Phi) is 7.50. The molecule has 3 rings (SSSR count). The summed E-state index contributed by atoms with van der Waals surface area (Å²) in [5, 5.41) is 13.7. The first-order chi connectivity index (χ1) is 14.2. The lowest BCUT2D eigenvalue weighted by Crippen LogP contribution is -2.21. The van der Waals surface area contributed by atoms with E-state index in [0.717, 1.165) is 33.9 Å². The van der Waals surface area contributed by atoms with Crippen molar-refractivity contribution in [1.82, 2.24) is 5.32 Å². The number of ether oxygens (including phenoxy) is 3. The molecule has 0 amide bonds. The predicted molar refractivity (Wildman–Crippen MR) is 113 cm³/mol. The normalized spacial score (nSPS) is 11.7. The van der Waals surface area contributed by atoms with E-state index in [1.807, 2.05) is 72.8 Å². The van der Waals surface area contributed by atoms with Crippen LogP contribution in [0.3, 0.4) is 0 Å². The molecule has 152 valence electrons. The summed E-state index contributed by atoms with van der Waals surface area (Å²) in [5.74, 6) is 2.28. The number of rotatable bonds is 10. The Hall–Kier alpha value is -3.02. The molecule has 0 aliphatic rings. The zero-order valence-electron chi connectivity index (χ0n) is 16.8. The van der Waals surface area contributed by atoms with Gasteiger partial charge in [-0.25, -0.2) is 0 Å². The molecule has 0 fully saturated rings. The van der Waals surface area contributed by atoms with Crippen LogP contribution in [0.4, 0.5) is 0 Å². The Morgan fingerprint density at radius 3 is 2.28 bits per heavy atom. The summed E-state index contributed by atoms with van der Waals surface area (Å²) < 4.78 is 16.4. The second-order valence-corrected chi connectivity index (χ2v) is 6.67. The Bertz CT molecular complexity index is 881. The van der Waals surface area contributed by atoms with Crippen LogP contribution in [0.25, 0.3) is 0 Å². The molecule has 3 aromatic rings. The van der Waals surface area contributed by atoms with E-state index in [-0.39, 0.29) is 0 Å². The molecule has 0 aliphatic heterocycles. The summed E-state index contributed by atoms with van der Waals surface area (Å²) in [6.45, 7) is 1.54. The van der Waals surface area contributed by atoms with Gasteiger partial charge in [0.2, 0.25) is 0 Å². The summed E-state index contributed by atoms with van der Waals surface area (Å²) in [4.78, 5) is 0. The van der Waals surface area contributed by atoms with E-state index in [1.165, 1.54) is 0 Å². The van der Waals surface area contributed by atoms with Gasteiger partial charge in [-0.2, -0.15) is 0 Å². The largest absolute Gasteiger partial charge is 0.497 e. The molecule has 0 saturated carbocycles. The first-order valence-electron chi connectivity index (χ1n) is 9.56. The van der Waals surface area contributed by atoms with Crippen molar-refractivity contribution >= 4 is 0 Å². The van der Waals surface area contributed by atoms with Gasteiger partial charge in [-0.05, 0) is 29.3 Å². The van der Waals surface area contributed by atoms with E-state index < -0.39 is 6.10 Å². The van der Waals surface area contributed by atoms with Crippen LogP contribution in [0, 0.1) is 0 Å². The fourth-order valence-corrected chi connectivity index (χ4v) is 2.99. The molecule has 0 radical (unpaired) electrons. The molecule has 5 nitrogen and oxygen atoms in total. The number of aliphatic hydroxyl groups excluding tert-OH is 1. The van der Waals surface area contributed by atoms with Gasteiger partial charge >= 0.3 is 0 Å². The van der Waals surface area contributed by atoms with E-state index in [4.69, 9.17) is 14.2 Å². The first kappa shape index (κ1) is 20.7. The van der Waals surface area contributed by atoms with Crippen molar-refractivity contribution in [3.63, 3.8) is 0 Å². The molecule has 0 saturated heterocycles. The zero-order valence-corrected chi connectivity index (χ0v) is 16.8. The Morgan fingerprint density at radius 1 is 0.862 bits per heavy atom. The summed E-state index contributed by atoms with van der Waals surface area (Å²) in [7, 11) is 3.26. The summed E-state index contributed by atoms with van der Waals surface area (Å²) >= 11 is 0. The van der Waals surface area contributed by atoms with E-state index in [0.29, 0.717) is 19.7 Å². The topological polar surface area (TPSA) is 60.0 Å². The van der Waals surface area contributed by atoms with Crippen molar-refractivity contribution in [3.05, 3.63) is 89.5 Å². The van der Waals surface area contributed by atoms with Crippen LogP contribution in [0.5, 0.6) is 17.2 Å². The molecular formula is C24H27NO4. The van der Waals surface area contributed by atoms with Crippen molar-refractivity contribution in [3.8, 4) is 17.2 Å². The van der Waals surface area contributed by atoms with Gasteiger partial charge in [0.1, 0.15) is 23.9 Å². The van der Waals surface area contributed by atoms with Gasteiger partial charge in [0, 0.05) is 24.7 Å². The molecule has 2 N–H and O–H groups in total.